The van der Waals surface area contributed by atoms with Crippen molar-refractivity contribution in [3.8, 4) is 0 Å². The molecule has 0 spiro atoms. The van der Waals surface area contributed by atoms with Crippen LogP contribution in [0.15, 0.2) is 24.3 Å². The van der Waals surface area contributed by atoms with Crippen LogP contribution in [0.25, 0.3) is 0 Å². The van der Waals surface area contributed by atoms with Crippen molar-refractivity contribution in [1.29, 1.82) is 0 Å². The van der Waals surface area contributed by atoms with Gasteiger partial charge in [0, 0.05) is 24.8 Å². The van der Waals surface area contributed by atoms with Gasteiger partial charge >= 0.3 is 0 Å². The van der Waals surface area contributed by atoms with Gasteiger partial charge in [0.05, 0.1) is 12.1 Å². The van der Waals surface area contributed by atoms with Gasteiger partial charge in [0.2, 0.25) is 0 Å². The lowest BCUT2D eigenvalue weighted by molar-refractivity contribution is 0.143. The second kappa shape index (κ2) is 3.01. The Bertz CT molecular complexity index is 314. The van der Waals surface area contributed by atoms with Gasteiger partial charge in [-0.3, -0.25) is 0 Å². The topological polar surface area (TPSA) is 49.5 Å². The van der Waals surface area contributed by atoms with E-state index in [1.807, 2.05) is 31.3 Å². The van der Waals surface area contributed by atoms with Crippen molar-refractivity contribution < 1.29 is 5.11 Å². The lowest BCUT2D eigenvalue weighted by Crippen LogP contribution is -2.44. The van der Waals surface area contributed by atoms with Crippen molar-refractivity contribution in [2.75, 3.05) is 18.5 Å². The molecule has 70 valence electrons. The van der Waals surface area contributed by atoms with E-state index < -0.39 is 6.10 Å². The molecule has 0 unspecified atom stereocenters. The number of rotatable bonds is 0. The van der Waals surface area contributed by atoms with E-state index in [1.165, 1.54) is 0 Å². The van der Waals surface area contributed by atoms with Crippen molar-refractivity contribution in [3.05, 3.63) is 29.8 Å². The lowest BCUT2D eigenvalue weighted by Gasteiger charge is -2.34. The van der Waals surface area contributed by atoms with Crippen LogP contribution < -0.4 is 10.6 Å². The normalized spacial score (nSPS) is 27.2. The van der Waals surface area contributed by atoms with Crippen molar-refractivity contribution in [2.45, 2.75) is 12.1 Å². The molecule has 1 heterocycles. The second-order valence-electron chi connectivity index (χ2n) is 3.55. The molecule has 0 saturated heterocycles. The summed E-state index contributed by atoms with van der Waals surface area (Å²) in [5, 5.41) is 9.80. The zero-order valence-corrected chi connectivity index (χ0v) is 7.64. The van der Waals surface area contributed by atoms with Crippen molar-refractivity contribution in [2.24, 2.45) is 5.73 Å². The number of likely N-dealkylation sites (N-methyl/N-ethyl adjacent to an activating group) is 1. The first-order valence-corrected chi connectivity index (χ1v) is 4.44. The van der Waals surface area contributed by atoms with Crippen molar-refractivity contribution in [3.63, 3.8) is 0 Å². The molecule has 2 atom stereocenters. The molecule has 0 radical (unpaired) electrons. The lowest BCUT2D eigenvalue weighted by atomic mass is 9.96. The minimum absolute atomic E-state index is 0.181. The molecule has 0 aromatic heterocycles. The molecule has 3 heteroatoms. The number of anilines is 1. The van der Waals surface area contributed by atoms with Crippen LogP contribution in [-0.2, 0) is 0 Å². The summed E-state index contributed by atoms with van der Waals surface area (Å²) in [6.45, 7) is 0.707. The number of hydrogen-bond acceptors (Lipinski definition) is 3. The minimum atomic E-state index is -0.521. The van der Waals surface area contributed by atoms with E-state index in [4.69, 9.17) is 5.73 Å². The van der Waals surface area contributed by atoms with Gasteiger partial charge in [-0.2, -0.15) is 0 Å². The average Bonchev–Trinajstić information content (AvgIpc) is 2.15. The zero-order valence-electron chi connectivity index (χ0n) is 7.64. The van der Waals surface area contributed by atoms with E-state index in [0.717, 1.165) is 11.3 Å². The first kappa shape index (κ1) is 8.53. The molecule has 13 heavy (non-hydrogen) atoms. The Morgan fingerprint density at radius 3 is 2.92 bits per heavy atom. The van der Waals surface area contributed by atoms with Gasteiger partial charge in [0.1, 0.15) is 0 Å². The van der Waals surface area contributed by atoms with Gasteiger partial charge in [-0.1, -0.05) is 18.2 Å². The summed E-state index contributed by atoms with van der Waals surface area (Å²) in [6.07, 6.45) is -0.521. The number of para-hydroxylation sites is 1. The molecule has 0 amide bonds. The quantitative estimate of drug-likeness (QED) is 0.608. The maximum atomic E-state index is 9.80. The summed E-state index contributed by atoms with van der Waals surface area (Å²) >= 11 is 0. The van der Waals surface area contributed by atoms with E-state index in [1.54, 1.807) is 0 Å². The van der Waals surface area contributed by atoms with Crippen molar-refractivity contribution >= 4 is 5.69 Å². The third-order valence-corrected chi connectivity index (χ3v) is 2.56. The molecule has 1 aromatic carbocycles. The highest BCUT2D eigenvalue weighted by Crippen LogP contribution is 2.31. The van der Waals surface area contributed by atoms with Crippen LogP contribution >= 0.6 is 0 Å². The highest BCUT2D eigenvalue weighted by atomic mass is 16.3. The minimum Gasteiger partial charge on any atom is -0.387 e. The van der Waals surface area contributed by atoms with Gasteiger partial charge in [0.25, 0.3) is 0 Å². The third kappa shape index (κ3) is 1.30. The molecule has 0 fully saturated rings. The molecule has 0 bridgehead atoms. The van der Waals surface area contributed by atoms with E-state index in [-0.39, 0.29) is 6.04 Å². The molecule has 0 aliphatic carbocycles. The Morgan fingerprint density at radius 1 is 1.46 bits per heavy atom. The van der Waals surface area contributed by atoms with Crippen LogP contribution in [0.4, 0.5) is 5.69 Å². The number of aliphatic hydroxyl groups excluding tert-OH is 1. The number of hydrogen-bond donors (Lipinski definition) is 2. The van der Waals surface area contributed by atoms with Crippen LogP contribution in [0.2, 0.25) is 0 Å². The Hall–Kier alpha value is -1.06. The molecular weight excluding hydrogens is 164 g/mol. The monoisotopic (exact) mass is 178 g/mol. The fourth-order valence-corrected chi connectivity index (χ4v) is 1.83. The summed E-state index contributed by atoms with van der Waals surface area (Å²) in [7, 11) is 1.99. The van der Waals surface area contributed by atoms with Gasteiger partial charge in [-0.05, 0) is 6.07 Å². The zero-order chi connectivity index (χ0) is 9.42. The van der Waals surface area contributed by atoms with Gasteiger partial charge in [-0.15, -0.1) is 0 Å². The van der Waals surface area contributed by atoms with Gasteiger partial charge in [-0.25, -0.2) is 0 Å². The third-order valence-electron chi connectivity index (χ3n) is 2.56. The predicted molar refractivity (Wildman–Crippen MR) is 52.6 cm³/mol. The Balaban J connectivity index is 2.47. The average molecular weight is 178 g/mol. The van der Waals surface area contributed by atoms with E-state index in [9.17, 15) is 5.11 Å². The molecule has 2 rings (SSSR count). The summed E-state index contributed by atoms with van der Waals surface area (Å²) in [4.78, 5) is 2.08. The van der Waals surface area contributed by atoms with Crippen molar-refractivity contribution in [1.82, 2.24) is 0 Å². The SMILES string of the molecule is CN1C[C@@H](N)[C@H](O)c2ccccc21. The fraction of sp³-hybridized carbons (Fsp3) is 0.400. The van der Waals surface area contributed by atoms with E-state index in [2.05, 4.69) is 4.90 Å². The second-order valence-corrected chi connectivity index (χ2v) is 3.55. The summed E-state index contributed by atoms with van der Waals surface area (Å²) < 4.78 is 0. The fourth-order valence-electron chi connectivity index (χ4n) is 1.83. The molecule has 1 aliphatic rings. The van der Waals surface area contributed by atoms with E-state index in [0.29, 0.717) is 6.54 Å². The molecule has 0 saturated carbocycles. The number of nitrogens with two attached hydrogens (primary N) is 1. The first-order chi connectivity index (χ1) is 6.20. The highest BCUT2D eigenvalue weighted by Gasteiger charge is 2.27. The molecule has 1 aromatic rings. The molecule has 3 N–H and O–H groups in total. The first-order valence-electron chi connectivity index (χ1n) is 4.44. The Kier molecular flexibility index (Phi) is 1.98. The summed E-state index contributed by atoms with van der Waals surface area (Å²) in [5.41, 5.74) is 7.81. The Morgan fingerprint density at radius 2 is 2.15 bits per heavy atom. The Labute approximate surface area is 77.8 Å². The van der Waals surface area contributed by atoms with Crippen LogP contribution in [0, 0.1) is 0 Å². The number of fused-ring (bicyclic) bond motifs is 1. The summed E-state index contributed by atoms with van der Waals surface area (Å²) in [5.74, 6) is 0. The van der Waals surface area contributed by atoms with Crippen LogP contribution in [0.1, 0.15) is 11.7 Å². The largest absolute Gasteiger partial charge is 0.387 e. The van der Waals surface area contributed by atoms with Gasteiger partial charge in [0.15, 0.2) is 0 Å². The van der Waals surface area contributed by atoms with E-state index >= 15 is 0 Å². The van der Waals surface area contributed by atoms with Gasteiger partial charge < -0.3 is 15.7 Å². The highest BCUT2D eigenvalue weighted by molar-refractivity contribution is 5.56. The number of nitrogens with zero attached hydrogens (tertiary/aromatic N) is 1. The molecule has 1 aliphatic heterocycles. The molecule has 3 nitrogen and oxygen atoms in total. The number of aliphatic hydroxyl groups is 1. The molecular formula is C10H14N2O. The van der Waals surface area contributed by atoms with Crippen LogP contribution in [0.5, 0.6) is 0 Å². The van der Waals surface area contributed by atoms with Crippen LogP contribution in [0.3, 0.4) is 0 Å². The number of benzene rings is 1. The maximum Gasteiger partial charge on any atom is 0.0978 e. The smallest absolute Gasteiger partial charge is 0.0978 e. The standard InChI is InChI=1S/C10H14N2O/c1-12-6-8(11)10(13)7-4-2-3-5-9(7)12/h2-5,8,10,13H,6,11H2,1H3/t8-,10-/m1/s1. The summed E-state index contributed by atoms with van der Waals surface area (Å²) in [6, 6.07) is 7.65. The maximum absolute atomic E-state index is 9.80. The predicted octanol–water partition coefficient (Wildman–Crippen LogP) is 0.497. The van der Waals surface area contributed by atoms with Crippen LogP contribution in [-0.4, -0.2) is 24.7 Å².